The smallest absolute Gasteiger partial charge is 0.305 e. The van der Waals surface area contributed by atoms with Crippen LogP contribution in [0.2, 0.25) is 58.9 Å². The monoisotopic (exact) mass is 560 g/mol. The fourth-order valence-corrected chi connectivity index (χ4v) is 7.11. The van der Waals surface area contributed by atoms with Gasteiger partial charge >= 0.3 is 5.97 Å². The molecule has 36 heavy (non-hydrogen) atoms. The Morgan fingerprint density at radius 2 is 1.22 bits per heavy atom. The van der Waals surface area contributed by atoms with Gasteiger partial charge in [0.2, 0.25) is 0 Å². The second-order valence-electron chi connectivity index (χ2n) is 12.9. The molecule has 0 spiro atoms. The molecule has 0 aliphatic heterocycles. The van der Waals surface area contributed by atoms with Crippen molar-refractivity contribution in [3.8, 4) is 0 Å². The summed E-state index contributed by atoms with van der Waals surface area (Å²) in [5.41, 5.74) is 0. The maximum absolute atomic E-state index is 11.3. The lowest BCUT2D eigenvalue weighted by molar-refractivity contribution is -0.140. The third kappa shape index (κ3) is 24.1. The molecule has 0 heterocycles. The molecule has 0 saturated heterocycles. The summed E-state index contributed by atoms with van der Waals surface area (Å²) >= 11 is 0. The first-order valence-electron chi connectivity index (χ1n) is 14.3. The van der Waals surface area contributed by atoms with Gasteiger partial charge in [-0.1, -0.05) is 44.3 Å². The van der Waals surface area contributed by atoms with E-state index in [9.17, 15) is 4.79 Å². The van der Waals surface area contributed by atoms with Crippen LogP contribution in [0.3, 0.4) is 0 Å². The Kier molecular flexibility index (Phi) is 18.8. The Labute approximate surface area is 227 Å². The minimum atomic E-state index is -1.70. The summed E-state index contributed by atoms with van der Waals surface area (Å²) in [5, 5.41) is 0. The summed E-state index contributed by atoms with van der Waals surface area (Å²) < 4.78 is 24.1. The molecule has 0 aromatic carbocycles. The fraction of sp³-hybridized carbons (Fsp3) is 0.893. The minimum absolute atomic E-state index is 0.103. The summed E-state index contributed by atoms with van der Waals surface area (Å²) in [6, 6.07) is 0. The molecule has 214 valence electrons. The SMILES string of the molecule is COC(=O)CCCCCCC[C@H](O[Si](C)(C)C)[C@H](C/C=C\CCCCCO[Si](C)(C)C)O[Si](C)(C)C. The maximum atomic E-state index is 11.3. The van der Waals surface area contributed by atoms with Crippen molar-refractivity contribution < 1.29 is 22.8 Å². The highest BCUT2D eigenvalue weighted by Crippen LogP contribution is 2.24. The molecule has 0 radical (unpaired) electrons. The Balaban J connectivity index is 4.71. The zero-order valence-corrected chi connectivity index (χ0v) is 28.5. The summed E-state index contributed by atoms with van der Waals surface area (Å²) in [6.07, 6.45) is 17.6. The van der Waals surface area contributed by atoms with E-state index in [0.717, 1.165) is 58.0 Å². The molecule has 0 aliphatic carbocycles. The van der Waals surface area contributed by atoms with Crippen LogP contribution in [0.5, 0.6) is 0 Å². The van der Waals surface area contributed by atoms with Crippen LogP contribution in [0.4, 0.5) is 0 Å². The molecule has 5 nitrogen and oxygen atoms in total. The molecular weight excluding hydrogens is 501 g/mol. The van der Waals surface area contributed by atoms with E-state index in [1.54, 1.807) is 0 Å². The quantitative estimate of drug-likeness (QED) is 0.0573. The van der Waals surface area contributed by atoms with Crippen LogP contribution >= 0.6 is 0 Å². The largest absolute Gasteiger partial charge is 0.469 e. The van der Waals surface area contributed by atoms with E-state index in [1.807, 2.05) is 0 Å². The van der Waals surface area contributed by atoms with Gasteiger partial charge < -0.3 is 18.0 Å². The van der Waals surface area contributed by atoms with Crippen molar-refractivity contribution in [2.45, 2.75) is 148 Å². The van der Waals surface area contributed by atoms with Crippen LogP contribution in [0.1, 0.15) is 77.0 Å². The van der Waals surface area contributed by atoms with Crippen LogP contribution in [0, 0.1) is 0 Å². The molecule has 8 heteroatoms. The third-order valence-electron chi connectivity index (χ3n) is 5.61. The molecule has 0 bridgehead atoms. The van der Waals surface area contributed by atoms with Crippen molar-refractivity contribution in [2.24, 2.45) is 0 Å². The zero-order valence-electron chi connectivity index (χ0n) is 25.5. The molecule has 0 rings (SSSR count). The minimum Gasteiger partial charge on any atom is -0.469 e. The highest BCUT2D eigenvalue weighted by molar-refractivity contribution is 6.70. The van der Waals surface area contributed by atoms with E-state index in [4.69, 9.17) is 18.0 Å². The molecular formula is C28H60O5Si3. The van der Waals surface area contributed by atoms with Crippen LogP contribution in [-0.2, 0) is 22.8 Å². The molecule has 0 N–H and O–H groups in total. The number of unbranched alkanes of at least 4 members (excludes halogenated alkanes) is 7. The molecule has 0 aromatic heterocycles. The Morgan fingerprint density at radius 3 is 1.81 bits per heavy atom. The Bertz CT molecular complexity index is 591. The van der Waals surface area contributed by atoms with Gasteiger partial charge in [0.15, 0.2) is 25.0 Å². The van der Waals surface area contributed by atoms with Gasteiger partial charge in [-0.05, 0) is 97.4 Å². The van der Waals surface area contributed by atoms with E-state index in [1.165, 1.54) is 26.4 Å². The van der Waals surface area contributed by atoms with Gasteiger partial charge in [0.1, 0.15) is 0 Å². The van der Waals surface area contributed by atoms with Crippen LogP contribution < -0.4 is 0 Å². The number of carbonyl (C=O) groups is 1. The number of allylic oxidation sites excluding steroid dienone is 1. The topological polar surface area (TPSA) is 54.0 Å². The van der Waals surface area contributed by atoms with Gasteiger partial charge in [-0.15, -0.1) is 0 Å². The average molecular weight is 561 g/mol. The van der Waals surface area contributed by atoms with Gasteiger partial charge in [-0.3, -0.25) is 4.79 Å². The number of hydrogen-bond donors (Lipinski definition) is 0. The highest BCUT2D eigenvalue weighted by atomic mass is 28.4. The molecule has 0 saturated carbocycles. The number of methoxy groups -OCH3 is 1. The molecule has 0 aliphatic rings. The first-order chi connectivity index (χ1) is 16.6. The normalized spacial score (nSPS) is 14.8. The van der Waals surface area contributed by atoms with Crippen LogP contribution in [0.25, 0.3) is 0 Å². The number of esters is 1. The first-order valence-corrected chi connectivity index (χ1v) is 24.6. The van der Waals surface area contributed by atoms with Crippen LogP contribution in [-0.4, -0.2) is 56.8 Å². The second-order valence-corrected chi connectivity index (χ2v) is 26.4. The number of carbonyl (C=O) groups excluding carboxylic acids is 1. The lowest BCUT2D eigenvalue weighted by Gasteiger charge is -2.36. The van der Waals surface area contributed by atoms with E-state index in [2.05, 4.69) is 71.1 Å². The van der Waals surface area contributed by atoms with E-state index >= 15 is 0 Å². The number of hydrogen-bond acceptors (Lipinski definition) is 5. The maximum Gasteiger partial charge on any atom is 0.305 e. The average Bonchev–Trinajstić information content (AvgIpc) is 2.73. The summed E-state index contributed by atoms with van der Waals surface area (Å²) in [6.45, 7) is 21.3. The van der Waals surface area contributed by atoms with Crippen molar-refractivity contribution >= 4 is 30.9 Å². The predicted octanol–water partition coefficient (Wildman–Crippen LogP) is 8.69. The summed E-state index contributed by atoms with van der Waals surface area (Å²) in [4.78, 5) is 11.3. The van der Waals surface area contributed by atoms with Gasteiger partial charge in [-0.2, -0.15) is 0 Å². The summed E-state index contributed by atoms with van der Waals surface area (Å²) in [7, 11) is -3.30. The molecule has 0 amide bonds. The van der Waals surface area contributed by atoms with E-state index in [-0.39, 0.29) is 18.2 Å². The number of ether oxygens (including phenoxy) is 1. The molecule has 0 aromatic rings. The van der Waals surface area contributed by atoms with E-state index < -0.39 is 25.0 Å². The summed E-state index contributed by atoms with van der Waals surface area (Å²) in [5.74, 6) is -0.103. The van der Waals surface area contributed by atoms with Gasteiger partial charge in [0.25, 0.3) is 0 Å². The van der Waals surface area contributed by atoms with E-state index in [0.29, 0.717) is 6.42 Å². The third-order valence-corrected chi connectivity index (χ3v) is 8.70. The zero-order chi connectivity index (χ0) is 27.7. The van der Waals surface area contributed by atoms with Gasteiger partial charge in [0.05, 0.1) is 19.3 Å². The first kappa shape index (κ1) is 35.7. The predicted molar refractivity (Wildman–Crippen MR) is 162 cm³/mol. The molecule has 2 atom stereocenters. The lowest BCUT2D eigenvalue weighted by Crippen LogP contribution is -2.44. The lowest BCUT2D eigenvalue weighted by atomic mass is 10.0. The van der Waals surface area contributed by atoms with Crippen molar-refractivity contribution in [1.82, 2.24) is 0 Å². The van der Waals surface area contributed by atoms with Gasteiger partial charge in [0, 0.05) is 13.0 Å². The van der Waals surface area contributed by atoms with Crippen molar-refractivity contribution in [3.05, 3.63) is 12.2 Å². The van der Waals surface area contributed by atoms with Crippen LogP contribution in [0.15, 0.2) is 12.2 Å². The molecule has 0 unspecified atom stereocenters. The second kappa shape index (κ2) is 18.9. The fourth-order valence-electron chi connectivity index (χ4n) is 4.02. The highest BCUT2D eigenvalue weighted by Gasteiger charge is 2.31. The van der Waals surface area contributed by atoms with Crippen molar-refractivity contribution in [3.63, 3.8) is 0 Å². The number of rotatable bonds is 22. The van der Waals surface area contributed by atoms with Crippen molar-refractivity contribution in [2.75, 3.05) is 13.7 Å². The Hall–Kier alpha value is -0.259. The van der Waals surface area contributed by atoms with Crippen molar-refractivity contribution in [1.29, 1.82) is 0 Å². The molecule has 0 fully saturated rings. The standard InChI is InChI=1S/C28H60O5Si3/c1-30-28(29)24-20-16-13-15-19-23-27(33-36(8,9)10)26(32-35(5,6)7)22-18-14-11-12-17-21-25-31-34(2,3)4/h14,18,26-27H,11-13,15-17,19-25H2,1-10H3/b18-14-/t26-,27-/m0/s1. The van der Waals surface area contributed by atoms with Gasteiger partial charge in [-0.25, -0.2) is 0 Å². The Morgan fingerprint density at radius 1 is 0.667 bits per heavy atom.